The van der Waals surface area contributed by atoms with Gasteiger partial charge in [-0.05, 0) is 12.1 Å². The Bertz CT molecular complexity index is 1790. The minimum absolute atomic E-state index is 0.110. The van der Waals surface area contributed by atoms with E-state index in [2.05, 4.69) is 10.3 Å². The van der Waals surface area contributed by atoms with Crippen molar-refractivity contribution in [3.63, 3.8) is 0 Å². The standard InChI is InChI=1S/C26H12Cl8N2O6/c27-15-11(13(25(39)40)17(29)21(33)19(15)31)10(37)6-8-5-4-7-2-1-3-9(23(7)35-8)36-24(38)12-14(26(41)42)18(30)22(34)20(32)16(12)28/h1-5,15,19H,6H2,(H,36,38)(H,39,40)(H,41,42). The number of carboxylic acids is 2. The van der Waals surface area contributed by atoms with E-state index < -0.39 is 72.6 Å². The number of fused-ring (bicyclic) bond motifs is 1. The number of benzene rings is 2. The normalized spacial score (nSPS) is 17.0. The molecule has 0 saturated heterocycles. The van der Waals surface area contributed by atoms with E-state index in [1.807, 2.05) is 0 Å². The molecule has 4 rings (SSSR count). The zero-order valence-corrected chi connectivity index (χ0v) is 26.3. The fourth-order valence-electron chi connectivity index (χ4n) is 4.15. The molecule has 0 spiro atoms. The van der Waals surface area contributed by atoms with Crippen LogP contribution in [0.1, 0.15) is 26.4 Å². The molecule has 1 aromatic heterocycles. The first-order valence-corrected chi connectivity index (χ1v) is 14.4. The molecule has 3 N–H and O–H groups in total. The number of alkyl halides is 2. The number of aromatic nitrogens is 1. The molecule has 2 aromatic carbocycles. The molecule has 42 heavy (non-hydrogen) atoms. The number of allylic oxidation sites excluding steroid dienone is 2. The summed E-state index contributed by atoms with van der Waals surface area (Å²) in [5.41, 5.74) is -1.63. The summed E-state index contributed by atoms with van der Waals surface area (Å²) in [6.07, 6.45) is -0.420. The Morgan fingerprint density at radius 3 is 2.00 bits per heavy atom. The predicted octanol–water partition coefficient (Wildman–Crippen LogP) is 8.21. The lowest BCUT2D eigenvalue weighted by Gasteiger charge is -2.26. The first-order chi connectivity index (χ1) is 19.7. The number of ketones is 1. The van der Waals surface area contributed by atoms with Crippen molar-refractivity contribution in [1.29, 1.82) is 0 Å². The Morgan fingerprint density at radius 2 is 1.40 bits per heavy atom. The summed E-state index contributed by atoms with van der Waals surface area (Å²) < 4.78 is 0. The molecule has 0 bridgehead atoms. The molecule has 0 fully saturated rings. The van der Waals surface area contributed by atoms with Gasteiger partial charge >= 0.3 is 11.9 Å². The zero-order chi connectivity index (χ0) is 31.2. The highest BCUT2D eigenvalue weighted by atomic mass is 35.5. The third-order valence-electron chi connectivity index (χ3n) is 6.06. The molecule has 8 nitrogen and oxygen atoms in total. The smallest absolute Gasteiger partial charge is 0.338 e. The maximum Gasteiger partial charge on any atom is 0.338 e. The highest BCUT2D eigenvalue weighted by Gasteiger charge is 2.40. The van der Waals surface area contributed by atoms with Gasteiger partial charge in [0.25, 0.3) is 5.91 Å². The number of carboxylic acid groups (broad SMARTS) is 2. The number of aliphatic carboxylic acids is 1. The number of anilines is 1. The molecule has 218 valence electrons. The van der Waals surface area contributed by atoms with Crippen LogP contribution < -0.4 is 5.32 Å². The van der Waals surface area contributed by atoms with Crippen LogP contribution in [0.4, 0.5) is 5.69 Å². The minimum Gasteiger partial charge on any atom is -0.478 e. The number of nitrogens with one attached hydrogen (secondary N) is 1. The van der Waals surface area contributed by atoms with E-state index >= 15 is 0 Å². The number of para-hydroxylation sites is 1. The van der Waals surface area contributed by atoms with Crippen molar-refractivity contribution in [3.05, 3.63) is 88.5 Å². The molecular weight excluding hydrogens is 720 g/mol. The number of nitrogens with zero attached hydrogens (tertiary/aromatic N) is 1. The van der Waals surface area contributed by atoms with Gasteiger partial charge in [0.15, 0.2) is 5.78 Å². The lowest BCUT2D eigenvalue weighted by molar-refractivity contribution is -0.132. The molecule has 16 heteroatoms. The molecule has 3 aromatic rings. The fraction of sp³-hybridized carbons (Fsp3) is 0.115. The van der Waals surface area contributed by atoms with E-state index in [-0.39, 0.29) is 37.5 Å². The second-order valence-electron chi connectivity index (χ2n) is 8.60. The average molecular weight is 732 g/mol. The van der Waals surface area contributed by atoms with E-state index in [1.165, 1.54) is 12.1 Å². The van der Waals surface area contributed by atoms with Crippen LogP contribution in [-0.2, 0) is 16.0 Å². The zero-order valence-electron chi connectivity index (χ0n) is 20.2. The maximum atomic E-state index is 13.3. The van der Waals surface area contributed by atoms with Crippen LogP contribution in [0.15, 0.2) is 51.5 Å². The summed E-state index contributed by atoms with van der Waals surface area (Å²) >= 11 is 48.9. The third kappa shape index (κ3) is 5.92. The van der Waals surface area contributed by atoms with Crippen molar-refractivity contribution in [2.24, 2.45) is 0 Å². The Hall–Kier alpha value is -2.27. The summed E-state index contributed by atoms with van der Waals surface area (Å²) in [6.45, 7) is 0. The number of rotatable bonds is 7. The number of amides is 1. The van der Waals surface area contributed by atoms with Crippen LogP contribution in [0.3, 0.4) is 0 Å². The predicted molar refractivity (Wildman–Crippen MR) is 165 cm³/mol. The van der Waals surface area contributed by atoms with Crippen molar-refractivity contribution in [3.8, 4) is 0 Å². The fourth-order valence-corrected chi connectivity index (χ4v) is 6.40. The topological polar surface area (TPSA) is 134 Å². The van der Waals surface area contributed by atoms with Crippen LogP contribution in [-0.4, -0.2) is 49.6 Å². The largest absolute Gasteiger partial charge is 0.478 e. The quantitative estimate of drug-likeness (QED) is 0.127. The van der Waals surface area contributed by atoms with E-state index in [4.69, 9.17) is 92.8 Å². The summed E-state index contributed by atoms with van der Waals surface area (Å²) in [5.74, 6) is -4.80. The molecule has 1 aliphatic carbocycles. The molecule has 1 heterocycles. The van der Waals surface area contributed by atoms with E-state index in [0.717, 1.165) is 0 Å². The number of hydrogen-bond acceptors (Lipinski definition) is 5. The van der Waals surface area contributed by atoms with Crippen LogP contribution in [0.5, 0.6) is 0 Å². The number of aromatic carboxylic acids is 1. The summed E-state index contributed by atoms with van der Waals surface area (Å²) in [4.78, 5) is 54.9. The lowest BCUT2D eigenvalue weighted by Crippen LogP contribution is -2.32. The van der Waals surface area contributed by atoms with Crippen molar-refractivity contribution in [2.45, 2.75) is 17.2 Å². The third-order valence-corrected chi connectivity index (χ3v) is 9.96. The number of halogens is 8. The highest BCUT2D eigenvalue weighted by Crippen LogP contribution is 2.43. The molecule has 0 radical (unpaired) electrons. The van der Waals surface area contributed by atoms with Crippen LogP contribution >= 0.6 is 92.8 Å². The summed E-state index contributed by atoms with van der Waals surface area (Å²) in [7, 11) is 0. The average Bonchev–Trinajstić information content (AvgIpc) is 2.93. The van der Waals surface area contributed by atoms with E-state index in [1.54, 1.807) is 18.2 Å². The number of hydrogen-bond donors (Lipinski definition) is 3. The molecule has 1 amide bonds. The molecule has 0 saturated carbocycles. The first-order valence-electron chi connectivity index (χ1n) is 11.3. The van der Waals surface area contributed by atoms with Gasteiger partial charge in [0, 0.05) is 16.7 Å². The summed E-state index contributed by atoms with van der Waals surface area (Å²) in [5, 5.41) is 17.8. The molecule has 0 aliphatic heterocycles. The number of carbonyl (C=O) groups excluding carboxylic acids is 2. The number of carbonyl (C=O) groups is 4. The highest BCUT2D eigenvalue weighted by molar-refractivity contribution is 6.54. The molecule has 1 aliphatic rings. The first kappa shape index (κ1) is 32.6. The van der Waals surface area contributed by atoms with Gasteiger partial charge in [-0.3, -0.25) is 14.6 Å². The van der Waals surface area contributed by atoms with Gasteiger partial charge in [0.05, 0.1) is 75.2 Å². The molecular formula is C26H12Cl8N2O6. The van der Waals surface area contributed by atoms with Crippen LogP contribution in [0.2, 0.25) is 20.1 Å². The monoisotopic (exact) mass is 728 g/mol. The molecule has 2 unspecified atom stereocenters. The second-order valence-corrected chi connectivity index (χ2v) is 11.8. The Kier molecular flexibility index (Phi) is 9.92. The van der Waals surface area contributed by atoms with Crippen molar-refractivity contribution >= 4 is 133 Å². The van der Waals surface area contributed by atoms with E-state index in [0.29, 0.717) is 5.39 Å². The Labute approximate surface area is 276 Å². The Morgan fingerprint density at radius 1 is 0.786 bits per heavy atom. The van der Waals surface area contributed by atoms with Gasteiger partial charge in [0.2, 0.25) is 0 Å². The van der Waals surface area contributed by atoms with Gasteiger partial charge < -0.3 is 15.5 Å². The van der Waals surface area contributed by atoms with Crippen molar-refractivity contribution < 1.29 is 29.4 Å². The van der Waals surface area contributed by atoms with Crippen LogP contribution in [0, 0.1) is 0 Å². The van der Waals surface area contributed by atoms with Gasteiger partial charge in [-0.2, -0.15) is 0 Å². The van der Waals surface area contributed by atoms with Crippen molar-refractivity contribution in [2.75, 3.05) is 5.32 Å². The van der Waals surface area contributed by atoms with Gasteiger partial charge in [-0.25, -0.2) is 9.59 Å². The molecule has 2 atom stereocenters. The van der Waals surface area contributed by atoms with E-state index in [9.17, 15) is 29.4 Å². The number of Topliss-reactive ketones (excluding diaryl/α,β-unsaturated/α-hetero) is 1. The Balaban J connectivity index is 1.75. The maximum absolute atomic E-state index is 13.3. The van der Waals surface area contributed by atoms with Gasteiger partial charge in [-0.1, -0.05) is 87.8 Å². The SMILES string of the molecule is O=C(O)C1=C(C(=O)Cc2ccc3cccc(NC(=O)c4c(Cl)c(Cl)c(Cl)c(Cl)c4C(=O)O)c3n2)C(Cl)C(Cl)C(Cl)=C1Cl. The summed E-state index contributed by atoms with van der Waals surface area (Å²) in [6, 6.07) is 7.85. The van der Waals surface area contributed by atoms with Crippen LogP contribution in [0.25, 0.3) is 10.9 Å². The minimum atomic E-state index is -1.58. The van der Waals surface area contributed by atoms with Gasteiger partial charge in [0.1, 0.15) is 0 Å². The van der Waals surface area contributed by atoms with Gasteiger partial charge in [-0.15, -0.1) is 23.2 Å². The lowest BCUT2D eigenvalue weighted by atomic mass is 9.91. The number of pyridine rings is 1. The second kappa shape index (κ2) is 12.8. The van der Waals surface area contributed by atoms with Crippen molar-refractivity contribution in [1.82, 2.24) is 4.98 Å².